The summed E-state index contributed by atoms with van der Waals surface area (Å²) in [5.41, 5.74) is 3.02. The van der Waals surface area contributed by atoms with E-state index >= 15 is 0 Å². The number of halogens is 1. The fourth-order valence-corrected chi connectivity index (χ4v) is 3.43. The van der Waals surface area contributed by atoms with Crippen LogP contribution >= 0.6 is 11.6 Å². The quantitative estimate of drug-likeness (QED) is 0.572. The van der Waals surface area contributed by atoms with Crippen LogP contribution in [-0.2, 0) is 12.0 Å². The first-order valence-corrected chi connectivity index (χ1v) is 9.42. The molecule has 3 aromatic heterocycles. The maximum Gasteiger partial charge on any atom is 0.281 e. The number of rotatable bonds is 4. The lowest BCUT2D eigenvalue weighted by Crippen LogP contribution is -2.39. The molecule has 4 rings (SSSR count). The van der Waals surface area contributed by atoms with Gasteiger partial charge in [-0.15, -0.1) is 10.2 Å². The molecule has 8 heteroatoms. The number of hydrogen-bond donors (Lipinski definition) is 1. The number of aromatic nitrogens is 5. The van der Waals surface area contributed by atoms with Crippen LogP contribution in [0.2, 0.25) is 5.02 Å². The largest absolute Gasteiger partial charge is 0.394 e. The minimum atomic E-state index is -0.741. The van der Waals surface area contributed by atoms with Crippen molar-refractivity contribution in [2.24, 2.45) is 0 Å². The highest BCUT2D eigenvalue weighted by Gasteiger charge is 2.23. The molecule has 0 radical (unpaired) electrons. The predicted octanol–water partition coefficient (Wildman–Crippen LogP) is 3.05. The van der Waals surface area contributed by atoms with Crippen LogP contribution in [0.25, 0.3) is 27.8 Å². The van der Waals surface area contributed by atoms with Gasteiger partial charge >= 0.3 is 0 Å². The zero-order valence-electron chi connectivity index (χ0n) is 15.8. The summed E-state index contributed by atoms with van der Waals surface area (Å²) in [6, 6.07) is 9.28. The van der Waals surface area contributed by atoms with E-state index in [1.807, 2.05) is 31.2 Å². The van der Waals surface area contributed by atoms with Gasteiger partial charge in [0.15, 0.2) is 11.2 Å². The molecular weight excluding hydrogens is 378 g/mol. The Kier molecular flexibility index (Phi) is 4.44. The molecule has 1 aromatic carbocycles. The van der Waals surface area contributed by atoms with E-state index in [-0.39, 0.29) is 17.7 Å². The molecule has 0 aliphatic carbocycles. The molecule has 0 unspecified atom stereocenters. The Morgan fingerprint density at radius 3 is 2.50 bits per heavy atom. The summed E-state index contributed by atoms with van der Waals surface area (Å²) in [6.45, 7) is 5.42. The highest BCUT2D eigenvalue weighted by atomic mass is 35.5. The molecule has 3 heterocycles. The van der Waals surface area contributed by atoms with Crippen molar-refractivity contribution < 1.29 is 5.11 Å². The van der Waals surface area contributed by atoms with Crippen molar-refractivity contribution in [1.29, 1.82) is 0 Å². The molecule has 0 fully saturated rings. The number of hydrogen-bond acceptors (Lipinski definition) is 5. The maximum absolute atomic E-state index is 12.9. The predicted molar refractivity (Wildman–Crippen MR) is 109 cm³/mol. The van der Waals surface area contributed by atoms with Gasteiger partial charge in [0, 0.05) is 11.2 Å². The lowest BCUT2D eigenvalue weighted by atomic mass is 10.0. The Morgan fingerprint density at radius 1 is 1.14 bits per heavy atom. The monoisotopic (exact) mass is 397 g/mol. The fraction of sp³-hybridized carbons (Fsp3) is 0.300. The molecular formula is C20H20ClN5O2. The minimum absolute atomic E-state index is 0.170. The van der Waals surface area contributed by atoms with Crippen LogP contribution in [0.4, 0.5) is 0 Å². The third-order valence-corrected chi connectivity index (χ3v) is 5.21. The van der Waals surface area contributed by atoms with Crippen LogP contribution in [0, 0.1) is 0 Å². The summed E-state index contributed by atoms with van der Waals surface area (Å²) in [5, 5.41) is 23.5. The van der Waals surface area contributed by atoms with E-state index in [1.165, 1.54) is 4.57 Å². The van der Waals surface area contributed by atoms with Crippen LogP contribution in [0.3, 0.4) is 0 Å². The third-order valence-electron chi connectivity index (χ3n) is 4.96. The van der Waals surface area contributed by atoms with Gasteiger partial charge in [-0.05, 0) is 44.0 Å². The summed E-state index contributed by atoms with van der Waals surface area (Å²) in [5.74, 6) is 0. The molecule has 0 saturated heterocycles. The van der Waals surface area contributed by atoms with Crippen molar-refractivity contribution >= 4 is 28.3 Å². The average molecular weight is 398 g/mol. The Bertz CT molecular complexity index is 1240. The number of pyridine rings is 1. The number of aliphatic hydroxyl groups is 1. The summed E-state index contributed by atoms with van der Waals surface area (Å²) in [4.78, 5) is 12.9. The van der Waals surface area contributed by atoms with Crippen LogP contribution < -0.4 is 5.56 Å². The molecule has 0 aliphatic heterocycles. The van der Waals surface area contributed by atoms with Gasteiger partial charge in [0.2, 0.25) is 0 Å². The first-order valence-electron chi connectivity index (χ1n) is 9.04. The first-order chi connectivity index (χ1) is 13.4. The van der Waals surface area contributed by atoms with Crippen molar-refractivity contribution in [2.75, 3.05) is 6.61 Å². The summed E-state index contributed by atoms with van der Waals surface area (Å²) in [6.07, 6.45) is 2.37. The number of nitrogens with zero attached hydrogens (tertiary/aromatic N) is 5. The van der Waals surface area contributed by atoms with E-state index in [1.54, 1.807) is 30.6 Å². The Labute approximate surface area is 166 Å². The molecule has 0 bridgehead atoms. The molecule has 0 spiro atoms. The van der Waals surface area contributed by atoms with Gasteiger partial charge in [-0.2, -0.15) is 5.10 Å². The average Bonchev–Trinajstić information content (AvgIpc) is 3.07. The van der Waals surface area contributed by atoms with Crippen LogP contribution in [0.1, 0.15) is 26.5 Å². The molecule has 7 nitrogen and oxygen atoms in total. The maximum atomic E-state index is 12.9. The van der Waals surface area contributed by atoms with Gasteiger partial charge in [-0.3, -0.25) is 4.79 Å². The van der Waals surface area contributed by atoms with Crippen molar-refractivity contribution in [1.82, 2.24) is 24.4 Å². The normalized spacial score (nSPS) is 12.2. The van der Waals surface area contributed by atoms with E-state index in [0.29, 0.717) is 22.6 Å². The second-order valence-electron chi connectivity index (χ2n) is 7.31. The summed E-state index contributed by atoms with van der Waals surface area (Å²) >= 11 is 6.02. The number of aryl methyl sites for hydroxylation is 1. The SMILES string of the molecule is CCc1nn2c(nnc3c(=O)n(C(C)(C)CO)ccc32)c1-c1ccc(Cl)cc1. The second kappa shape index (κ2) is 6.68. The van der Waals surface area contributed by atoms with Gasteiger partial charge < -0.3 is 9.67 Å². The zero-order chi connectivity index (χ0) is 20.1. The number of aliphatic hydroxyl groups excluding tert-OH is 1. The Morgan fingerprint density at radius 2 is 1.86 bits per heavy atom. The van der Waals surface area contributed by atoms with Crippen molar-refractivity contribution in [3.8, 4) is 11.1 Å². The molecule has 28 heavy (non-hydrogen) atoms. The molecule has 0 amide bonds. The van der Waals surface area contributed by atoms with E-state index in [9.17, 15) is 9.90 Å². The van der Waals surface area contributed by atoms with Gasteiger partial charge in [-0.25, -0.2) is 4.52 Å². The van der Waals surface area contributed by atoms with Gasteiger partial charge in [0.05, 0.1) is 23.4 Å². The Balaban J connectivity index is 2.03. The molecule has 1 N–H and O–H groups in total. The van der Waals surface area contributed by atoms with Crippen LogP contribution in [-0.4, -0.2) is 36.1 Å². The smallest absolute Gasteiger partial charge is 0.281 e. The second-order valence-corrected chi connectivity index (χ2v) is 7.75. The topological polar surface area (TPSA) is 85.3 Å². The highest BCUT2D eigenvalue weighted by Crippen LogP contribution is 2.30. The molecule has 0 saturated carbocycles. The van der Waals surface area contributed by atoms with Crippen LogP contribution in [0.5, 0.6) is 0 Å². The number of benzene rings is 1. The lowest BCUT2D eigenvalue weighted by Gasteiger charge is -2.24. The van der Waals surface area contributed by atoms with Crippen LogP contribution in [0.15, 0.2) is 41.3 Å². The first kappa shape index (κ1) is 18.6. The molecule has 4 aromatic rings. The number of fused-ring (bicyclic) bond motifs is 3. The van der Waals surface area contributed by atoms with Gasteiger partial charge in [0.1, 0.15) is 5.52 Å². The molecule has 0 atom stereocenters. The molecule has 0 aliphatic rings. The van der Waals surface area contributed by atoms with Crippen molar-refractivity contribution in [2.45, 2.75) is 32.7 Å². The van der Waals surface area contributed by atoms with E-state index < -0.39 is 5.54 Å². The third kappa shape index (κ3) is 2.78. The summed E-state index contributed by atoms with van der Waals surface area (Å²) in [7, 11) is 0. The highest BCUT2D eigenvalue weighted by molar-refractivity contribution is 6.30. The Hall–Kier alpha value is -2.77. The van der Waals surface area contributed by atoms with E-state index in [4.69, 9.17) is 16.7 Å². The minimum Gasteiger partial charge on any atom is -0.394 e. The van der Waals surface area contributed by atoms with Gasteiger partial charge in [0.25, 0.3) is 5.56 Å². The zero-order valence-corrected chi connectivity index (χ0v) is 16.6. The van der Waals surface area contributed by atoms with Crippen molar-refractivity contribution in [3.05, 3.63) is 57.6 Å². The molecule has 144 valence electrons. The van der Waals surface area contributed by atoms with E-state index in [0.717, 1.165) is 16.8 Å². The fourth-order valence-electron chi connectivity index (χ4n) is 3.30. The standard InChI is InChI=1S/C20H20ClN5O2/c1-4-14-16(12-5-7-13(21)8-6-12)18-23-22-17-15(26(18)24-14)9-10-25(19(17)28)20(2,3)11-27/h5-10,27H,4,11H2,1-3H3. The van der Waals surface area contributed by atoms with Crippen molar-refractivity contribution in [3.63, 3.8) is 0 Å². The summed E-state index contributed by atoms with van der Waals surface area (Å²) < 4.78 is 3.14. The lowest BCUT2D eigenvalue weighted by molar-refractivity contribution is 0.161. The van der Waals surface area contributed by atoms with Gasteiger partial charge in [-0.1, -0.05) is 30.7 Å². The van der Waals surface area contributed by atoms with E-state index in [2.05, 4.69) is 10.2 Å².